The van der Waals surface area contributed by atoms with Crippen LogP contribution < -0.4 is 5.32 Å². The summed E-state index contributed by atoms with van der Waals surface area (Å²) in [7, 11) is 0. The summed E-state index contributed by atoms with van der Waals surface area (Å²) < 4.78 is 0. The van der Waals surface area contributed by atoms with Crippen LogP contribution in [0.1, 0.15) is 62.5 Å². The lowest BCUT2D eigenvalue weighted by Crippen LogP contribution is -2.51. The summed E-state index contributed by atoms with van der Waals surface area (Å²) in [5, 5.41) is 14.4. The van der Waals surface area contributed by atoms with Gasteiger partial charge in [-0.05, 0) is 12.8 Å². The van der Waals surface area contributed by atoms with E-state index in [9.17, 15) is 9.59 Å². The third-order valence-electron chi connectivity index (χ3n) is 3.44. The van der Waals surface area contributed by atoms with Gasteiger partial charge in [-0.2, -0.15) is 0 Å². The summed E-state index contributed by atoms with van der Waals surface area (Å²) in [6, 6.07) is 0. The summed E-state index contributed by atoms with van der Waals surface area (Å²) in [5.41, 5.74) is -0.430. The van der Waals surface area contributed by atoms with E-state index in [4.69, 9.17) is 5.11 Å². The van der Waals surface area contributed by atoms with Crippen molar-refractivity contribution in [2.75, 3.05) is 0 Å². The highest BCUT2D eigenvalue weighted by Crippen LogP contribution is 2.23. The smallest absolute Gasteiger partial charge is 0.305 e. The molecule has 1 heterocycles. The van der Waals surface area contributed by atoms with Crippen molar-refractivity contribution in [3.05, 3.63) is 16.1 Å². The molecule has 0 aromatic carbocycles. The van der Waals surface area contributed by atoms with E-state index in [1.54, 1.807) is 12.3 Å². The molecule has 2 N–H and O–H groups in total. The third kappa shape index (κ3) is 4.03. The van der Waals surface area contributed by atoms with E-state index in [2.05, 4.69) is 10.3 Å². The Bertz CT molecular complexity index is 496. The Labute approximate surface area is 123 Å². The van der Waals surface area contributed by atoms with Gasteiger partial charge in [0.1, 0.15) is 5.69 Å². The molecule has 1 aromatic rings. The molecule has 0 aliphatic heterocycles. The number of carboxylic acids is 1. The predicted octanol–water partition coefficient (Wildman–Crippen LogP) is 2.89. The summed E-state index contributed by atoms with van der Waals surface area (Å²) in [6.45, 7) is 9.57. The van der Waals surface area contributed by atoms with Crippen molar-refractivity contribution >= 4 is 23.2 Å². The van der Waals surface area contributed by atoms with E-state index in [0.29, 0.717) is 5.69 Å². The number of aromatic nitrogens is 1. The number of rotatable bonds is 6. The van der Waals surface area contributed by atoms with Crippen molar-refractivity contribution in [2.24, 2.45) is 5.92 Å². The molecule has 1 aromatic heterocycles. The van der Waals surface area contributed by atoms with Crippen LogP contribution in [0.3, 0.4) is 0 Å². The molecule has 1 unspecified atom stereocenters. The summed E-state index contributed by atoms with van der Waals surface area (Å²) in [6.07, 6.45) is -0.114. The first-order valence-corrected chi connectivity index (χ1v) is 7.53. The van der Waals surface area contributed by atoms with E-state index in [1.807, 2.05) is 27.7 Å². The number of nitrogens with zero attached hydrogens (tertiary/aromatic N) is 1. The van der Waals surface area contributed by atoms with Crippen molar-refractivity contribution < 1.29 is 14.7 Å². The highest BCUT2D eigenvalue weighted by atomic mass is 32.1. The lowest BCUT2D eigenvalue weighted by Gasteiger charge is -2.33. The minimum atomic E-state index is -0.928. The minimum absolute atomic E-state index is 0.00533. The van der Waals surface area contributed by atoms with Crippen LogP contribution in [0.5, 0.6) is 0 Å². The van der Waals surface area contributed by atoms with Gasteiger partial charge in [-0.25, -0.2) is 4.98 Å². The molecule has 1 atom stereocenters. The first kappa shape index (κ1) is 16.6. The Hall–Kier alpha value is -1.43. The largest absolute Gasteiger partial charge is 0.481 e. The molecule has 0 radical (unpaired) electrons. The molecule has 0 aliphatic rings. The quantitative estimate of drug-likeness (QED) is 0.846. The number of carbonyl (C=O) groups excluding carboxylic acids is 1. The van der Waals surface area contributed by atoms with Crippen LogP contribution >= 0.6 is 11.3 Å². The van der Waals surface area contributed by atoms with Gasteiger partial charge in [0.25, 0.3) is 5.91 Å². The third-order valence-corrected chi connectivity index (χ3v) is 4.59. The fraction of sp³-hybridized carbons (Fsp3) is 0.643. The summed E-state index contributed by atoms with van der Waals surface area (Å²) >= 11 is 1.45. The molecule has 1 rings (SSSR count). The fourth-order valence-corrected chi connectivity index (χ4v) is 2.50. The number of hydrogen-bond donors (Lipinski definition) is 2. The number of aliphatic carboxylic acids is 1. The first-order chi connectivity index (χ1) is 9.15. The number of carbonyl (C=O) groups is 2. The van der Waals surface area contributed by atoms with Crippen LogP contribution in [0.15, 0.2) is 5.38 Å². The van der Waals surface area contributed by atoms with E-state index < -0.39 is 11.5 Å². The number of thiazole rings is 1. The topological polar surface area (TPSA) is 79.3 Å². The number of nitrogens with one attached hydrogen (secondary N) is 1. The molecule has 0 fully saturated rings. The van der Waals surface area contributed by atoms with Crippen molar-refractivity contribution in [2.45, 2.75) is 52.5 Å². The minimum Gasteiger partial charge on any atom is -0.481 e. The Morgan fingerprint density at radius 1 is 1.40 bits per heavy atom. The standard InChI is InChI=1S/C14H22N2O3S/c1-8(2)13-15-10(7-20-13)12(19)16-14(5,9(3)4)6-11(17)18/h7-9H,6H2,1-5H3,(H,16,19)(H,17,18). The number of hydrogen-bond acceptors (Lipinski definition) is 4. The predicted molar refractivity (Wildman–Crippen MR) is 79.2 cm³/mol. The molecule has 5 nitrogen and oxygen atoms in total. The number of carboxylic acid groups (broad SMARTS) is 1. The van der Waals surface area contributed by atoms with Gasteiger partial charge in [0.2, 0.25) is 0 Å². The van der Waals surface area contributed by atoms with Gasteiger partial charge in [0.05, 0.1) is 17.0 Å². The van der Waals surface area contributed by atoms with Crippen molar-refractivity contribution in [1.29, 1.82) is 0 Å². The molecule has 20 heavy (non-hydrogen) atoms. The van der Waals surface area contributed by atoms with Crippen LogP contribution in [-0.2, 0) is 4.79 Å². The molecule has 0 aliphatic carbocycles. The van der Waals surface area contributed by atoms with Gasteiger partial charge < -0.3 is 10.4 Å². The second-order valence-electron chi connectivity index (χ2n) is 5.82. The first-order valence-electron chi connectivity index (χ1n) is 6.65. The zero-order chi connectivity index (χ0) is 15.5. The van der Waals surface area contributed by atoms with Crippen molar-refractivity contribution in [1.82, 2.24) is 10.3 Å². The maximum Gasteiger partial charge on any atom is 0.305 e. The molecule has 0 saturated carbocycles. The van der Waals surface area contributed by atoms with Crippen LogP contribution in [0.25, 0.3) is 0 Å². The van der Waals surface area contributed by atoms with E-state index in [-0.39, 0.29) is 24.2 Å². The molecule has 1 amide bonds. The number of amides is 1. The molecular weight excluding hydrogens is 276 g/mol. The monoisotopic (exact) mass is 298 g/mol. The zero-order valence-corrected chi connectivity index (χ0v) is 13.4. The van der Waals surface area contributed by atoms with Gasteiger partial charge in [0, 0.05) is 11.3 Å². The SMILES string of the molecule is CC(C)c1nc(C(=O)NC(C)(CC(=O)O)C(C)C)cs1. The maximum atomic E-state index is 12.2. The second kappa shape index (κ2) is 6.35. The highest BCUT2D eigenvalue weighted by Gasteiger charge is 2.33. The Balaban J connectivity index is 2.87. The Morgan fingerprint density at radius 2 is 2.00 bits per heavy atom. The average molecular weight is 298 g/mol. The summed E-state index contributed by atoms with van der Waals surface area (Å²) in [5.74, 6) is -0.962. The van der Waals surface area contributed by atoms with Crippen molar-refractivity contribution in [3.8, 4) is 0 Å². The van der Waals surface area contributed by atoms with Gasteiger partial charge in [-0.1, -0.05) is 27.7 Å². The van der Waals surface area contributed by atoms with Crippen molar-refractivity contribution in [3.63, 3.8) is 0 Å². The second-order valence-corrected chi connectivity index (χ2v) is 6.71. The van der Waals surface area contributed by atoms with Crippen LogP contribution in [-0.4, -0.2) is 27.5 Å². The van der Waals surface area contributed by atoms with Crippen LogP contribution in [0.4, 0.5) is 0 Å². The van der Waals surface area contributed by atoms with Gasteiger partial charge >= 0.3 is 5.97 Å². The fourth-order valence-electron chi connectivity index (χ4n) is 1.69. The molecule has 6 heteroatoms. The van der Waals surface area contributed by atoms with E-state index in [0.717, 1.165) is 5.01 Å². The van der Waals surface area contributed by atoms with Gasteiger partial charge in [-0.3, -0.25) is 9.59 Å². The highest BCUT2D eigenvalue weighted by molar-refractivity contribution is 7.09. The van der Waals surface area contributed by atoms with Gasteiger partial charge in [-0.15, -0.1) is 11.3 Å². The maximum absolute atomic E-state index is 12.2. The van der Waals surface area contributed by atoms with Gasteiger partial charge in [0.15, 0.2) is 0 Å². The van der Waals surface area contributed by atoms with E-state index in [1.165, 1.54) is 11.3 Å². The van der Waals surface area contributed by atoms with Crippen LogP contribution in [0, 0.1) is 5.92 Å². The Morgan fingerprint density at radius 3 is 2.40 bits per heavy atom. The lowest BCUT2D eigenvalue weighted by molar-refractivity contribution is -0.138. The van der Waals surface area contributed by atoms with E-state index >= 15 is 0 Å². The average Bonchev–Trinajstić information content (AvgIpc) is 2.76. The Kier molecular flexibility index (Phi) is 5.28. The molecule has 0 saturated heterocycles. The zero-order valence-electron chi connectivity index (χ0n) is 12.6. The molecular formula is C14H22N2O3S. The lowest BCUT2D eigenvalue weighted by atomic mass is 9.85. The molecule has 0 spiro atoms. The molecule has 112 valence electrons. The summed E-state index contributed by atoms with van der Waals surface area (Å²) in [4.78, 5) is 27.5. The normalized spacial score (nSPS) is 14.3. The van der Waals surface area contributed by atoms with Crippen LogP contribution in [0.2, 0.25) is 0 Å². The molecule has 0 bridgehead atoms.